The van der Waals surface area contributed by atoms with Crippen LogP contribution in [0.1, 0.15) is 13.8 Å². The van der Waals surface area contributed by atoms with Gasteiger partial charge in [-0.2, -0.15) is 0 Å². The molecule has 18 heavy (non-hydrogen) atoms. The van der Waals surface area contributed by atoms with Crippen molar-refractivity contribution in [3.8, 4) is 0 Å². The van der Waals surface area contributed by atoms with Gasteiger partial charge in [0.2, 0.25) is 10.0 Å². The maximum absolute atomic E-state index is 12.1. The largest absolute Gasteiger partial charge is 0.313 e. The Bertz CT molecular complexity index is 486. The van der Waals surface area contributed by atoms with Crippen molar-refractivity contribution in [3.05, 3.63) is 27.7 Å². The molecule has 0 radical (unpaired) electrons. The number of rotatable bonds is 6. The Morgan fingerprint density at radius 1 is 1.33 bits per heavy atom. The van der Waals surface area contributed by atoms with Crippen LogP contribution < -0.4 is 10.0 Å². The predicted molar refractivity (Wildman–Crippen MR) is 77.5 cm³/mol. The molecule has 1 aromatic rings. The Morgan fingerprint density at radius 2 is 2.00 bits per heavy atom. The van der Waals surface area contributed by atoms with Crippen LogP contribution in [0.2, 0.25) is 5.02 Å². The third-order valence-corrected chi connectivity index (χ3v) is 5.07. The molecule has 0 saturated carbocycles. The van der Waals surface area contributed by atoms with Gasteiger partial charge in [0.1, 0.15) is 4.90 Å². The quantitative estimate of drug-likeness (QED) is 0.770. The molecule has 7 heteroatoms. The Kier molecular flexibility index (Phi) is 6.07. The Balaban J connectivity index is 2.75. The van der Waals surface area contributed by atoms with Crippen LogP contribution in [0.3, 0.4) is 0 Å². The number of sulfonamides is 1. The minimum absolute atomic E-state index is 0.0798. The van der Waals surface area contributed by atoms with Crippen molar-refractivity contribution >= 4 is 37.6 Å². The van der Waals surface area contributed by atoms with E-state index in [2.05, 4.69) is 26.0 Å². The molecule has 2 N–H and O–H groups in total. The third-order valence-electron chi connectivity index (χ3n) is 2.16. The van der Waals surface area contributed by atoms with Gasteiger partial charge in [-0.15, -0.1) is 0 Å². The fraction of sp³-hybridized carbons (Fsp3) is 0.455. The summed E-state index contributed by atoms with van der Waals surface area (Å²) in [5, 5.41) is 3.33. The summed E-state index contributed by atoms with van der Waals surface area (Å²) in [6, 6.07) is 5.20. The molecule has 0 bridgehead atoms. The van der Waals surface area contributed by atoms with Crippen LogP contribution in [0.25, 0.3) is 0 Å². The molecule has 0 amide bonds. The van der Waals surface area contributed by atoms with Crippen LogP contribution in [0, 0.1) is 0 Å². The standard InChI is InChI=1S/C11H16BrClN2O2S/c1-8(2)14-6-7-15-18(16,17)11-9(12)4-3-5-10(11)13/h3-5,8,14-15H,6-7H2,1-2H3. The molecule has 0 heterocycles. The first-order chi connectivity index (χ1) is 8.34. The van der Waals surface area contributed by atoms with Gasteiger partial charge >= 0.3 is 0 Å². The summed E-state index contributed by atoms with van der Waals surface area (Å²) in [4.78, 5) is 0.0798. The minimum atomic E-state index is -3.59. The van der Waals surface area contributed by atoms with E-state index in [1.165, 1.54) is 0 Å². The maximum atomic E-state index is 12.1. The van der Waals surface area contributed by atoms with E-state index in [1.54, 1.807) is 18.2 Å². The number of nitrogens with one attached hydrogen (secondary N) is 2. The summed E-state index contributed by atoms with van der Waals surface area (Å²) in [6.07, 6.45) is 0. The summed E-state index contributed by atoms with van der Waals surface area (Å²) in [7, 11) is -3.59. The minimum Gasteiger partial charge on any atom is -0.313 e. The summed E-state index contributed by atoms with van der Waals surface area (Å²) in [5.74, 6) is 0. The van der Waals surface area contributed by atoms with Gasteiger partial charge in [-0.1, -0.05) is 31.5 Å². The van der Waals surface area contributed by atoms with Gasteiger partial charge in [-0.3, -0.25) is 0 Å². The van der Waals surface area contributed by atoms with Gasteiger partial charge in [0.05, 0.1) is 5.02 Å². The molecular weight excluding hydrogens is 340 g/mol. The lowest BCUT2D eigenvalue weighted by atomic mass is 10.4. The fourth-order valence-corrected chi connectivity index (χ4v) is 4.12. The van der Waals surface area contributed by atoms with Gasteiger partial charge in [0.15, 0.2) is 0 Å². The van der Waals surface area contributed by atoms with E-state index in [0.29, 0.717) is 23.6 Å². The molecule has 0 aromatic heterocycles. The average Bonchev–Trinajstić information content (AvgIpc) is 2.23. The van der Waals surface area contributed by atoms with E-state index in [-0.39, 0.29) is 9.92 Å². The molecular formula is C11H16BrClN2O2S. The first-order valence-corrected chi connectivity index (χ1v) is 8.17. The number of benzene rings is 1. The summed E-state index contributed by atoms with van der Waals surface area (Å²) in [6.45, 7) is 4.88. The monoisotopic (exact) mass is 354 g/mol. The number of halogens is 2. The number of hydrogen-bond acceptors (Lipinski definition) is 3. The number of hydrogen-bond donors (Lipinski definition) is 2. The van der Waals surface area contributed by atoms with Crippen molar-refractivity contribution in [1.29, 1.82) is 0 Å². The van der Waals surface area contributed by atoms with Crippen molar-refractivity contribution in [2.45, 2.75) is 24.8 Å². The maximum Gasteiger partial charge on any atom is 0.243 e. The van der Waals surface area contributed by atoms with E-state index < -0.39 is 10.0 Å². The van der Waals surface area contributed by atoms with Crippen LogP contribution >= 0.6 is 27.5 Å². The molecule has 1 aromatic carbocycles. The van der Waals surface area contributed by atoms with Crippen molar-refractivity contribution in [2.24, 2.45) is 0 Å². The van der Waals surface area contributed by atoms with Gasteiger partial charge in [-0.25, -0.2) is 13.1 Å². The highest BCUT2D eigenvalue weighted by molar-refractivity contribution is 9.10. The smallest absolute Gasteiger partial charge is 0.243 e. The predicted octanol–water partition coefficient (Wildman–Crippen LogP) is 2.38. The first kappa shape index (κ1) is 15.9. The molecule has 102 valence electrons. The zero-order valence-electron chi connectivity index (χ0n) is 10.2. The molecule has 0 aliphatic heterocycles. The second-order valence-electron chi connectivity index (χ2n) is 4.06. The lowest BCUT2D eigenvalue weighted by molar-refractivity contribution is 0.559. The van der Waals surface area contributed by atoms with E-state index in [9.17, 15) is 8.42 Å². The normalized spacial score (nSPS) is 12.1. The Labute approximate surface area is 121 Å². The molecule has 0 aliphatic carbocycles. The zero-order chi connectivity index (χ0) is 13.8. The van der Waals surface area contributed by atoms with Gasteiger partial charge in [0.25, 0.3) is 0 Å². The Morgan fingerprint density at radius 3 is 2.56 bits per heavy atom. The second kappa shape index (κ2) is 6.86. The molecule has 0 aliphatic rings. The van der Waals surface area contributed by atoms with Gasteiger partial charge in [0, 0.05) is 23.6 Å². The zero-order valence-corrected chi connectivity index (χ0v) is 13.4. The van der Waals surface area contributed by atoms with Crippen molar-refractivity contribution in [1.82, 2.24) is 10.0 Å². The van der Waals surface area contributed by atoms with Crippen LogP contribution in [0.5, 0.6) is 0 Å². The highest BCUT2D eigenvalue weighted by atomic mass is 79.9. The average molecular weight is 356 g/mol. The highest BCUT2D eigenvalue weighted by Gasteiger charge is 2.20. The van der Waals surface area contributed by atoms with Crippen molar-refractivity contribution in [3.63, 3.8) is 0 Å². The summed E-state index contributed by atoms with van der Waals surface area (Å²) in [5.41, 5.74) is 0. The lowest BCUT2D eigenvalue weighted by Crippen LogP contribution is -2.34. The summed E-state index contributed by atoms with van der Waals surface area (Å²) < 4.78 is 27.1. The molecule has 0 atom stereocenters. The van der Waals surface area contributed by atoms with Gasteiger partial charge in [-0.05, 0) is 28.1 Å². The molecule has 4 nitrogen and oxygen atoms in total. The van der Waals surface area contributed by atoms with E-state index in [1.807, 2.05) is 13.8 Å². The van der Waals surface area contributed by atoms with E-state index >= 15 is 0 Å². The van der Waals surface area contributed by atoms with Crippen molar-refractivity contribution < 1.29 is 8.42 Å². The fourth-order valence-electron chi connectivity index (χ4n) is 1.36. The van der Waals surface area contributed by atoms with Crippen LogP contribution in [-0.2, 0) is 10.0 Å². The van der Waals surface area contributed by atoms with Crippen LogP contribution in [-0.4, -0.2) is 27.5 Å². The highest BCUT2D eigenvalue weighted by Crippen LogP contribution is 2.28. The van der Waals surface area contributed by atoms with Crippen LogP contribution in [0.4, 0.5) is 0 Å². The lowest BCUT2D eigenvalue weighted by Gasteiger charge is -2.11. The topological polar surface area (TPSA) is 58.2 Å². The molecule has 0 unspecified atom stereocenters. The van der Waals surface area contributed by atoms with E-state index in [4.69, 9.17) is 11.6 Å². The third kappa shape index (κ3) is 4.51. The van der Waals surface area contributed by atoms with Crippen LogP contribution in [0.15, 0.2) is 27.6 Å². The van der Waals surface area contributed by atoms with E-state index in [0.717, 1.165) is 0 Å². The SMILES string of the molecule is CC(C)NCCNS(=O)(=O)c1c(Cl)cccc1Br. The second-order valence-corrected chi connectivity index (χ2v) is 7.02. The Hall–Kier alpha value is -0.140. The first-order valence-electron chi connectivity index (χ1n) is 5.51. The molecule has 1 rings (SSSR count). The molecule has 0 fully saturated rings. The molecule has 0 saturated heterocycles. The molecule has 0 spiro atoms. The van der Waals surface area contributed by atoms with Gasteiger partial charge < -0.3 is 5.32 Å². The van der Waals surface area contributed by atoms with Crippen molar-refractivity contribution in [2.75, 3.05) is 13.1 Å². The summed E-state index contributed by atoms with van der Waals surface area (Å²) >= 11 is 9.11.